The van der Waals surface area contributed by atoms with E-state index < -0.39 is 23.9 Å². The van der Waals surface area contributed by atoms with Crippen LogP contribution in [0.5, 0.6) is 5.75 Å². The predicted molar refractivity (Wildman–Crippen MR) is 135 cm³/mol. The number of carboxylic acids is 1. The highest BCUT2D eigenvalue weighted by Crippen LogP contribution is 2.32. The molecule has 1 aliphatic rings. The summed E-state index contributed by atoms with van der Waals surface area (Å²) in [6, 6.07) is 9.71. The van der Waals surface area contributed by atoms with E-state index in [9.17, 15) is 19.2 Å². The van der Waals surface area contributed by atoms with Gasteiger partial charge in [0.1, 0.15) is 12.4 Å². The highest BCUT2D eigenvalue weighted by atomic mass is 35.5. The second kappa shape index (κ2) is 13.2. The van der Waals surface area contributed by atoms with Gasteiger partial charge in [0.15, 0.2) is 0 Å². The van der Waals surface area contributed by atoms with Crippen LogP contribution in [0.4, 0.5) is 4.79 Å². The Balaban J connectivity index is 1.63. The molecule has 3 amide bonds. The molecule has 0 spiro atoms. The van der Waals surface area contributed by atoms with E-state index in [0.29, 0.717) is 51.9 Å². The van der Waals surface area contributed by atoms with Gasteiger partial charge in [-0.05, 0) is 36.6 Å². The van der Waals surface area contributed by atoms with Crippen LogP contribution in [0.1, 0.15) is 41.9 Å². The SMILES string of the molecule is COc1ccc(CC(=O)O)cc1[C@H](CCCNC(=O)OCc1ccc(Cl)cc1Cl)C(=O)NN1CCC1=O. The summed E-state index contributed by atoms with van der Waals surface area (Å²) in [6.45, 7) is 0.583. The molecule has 10 nitrogen and oxygen atoms in total. The Labute approximate surface area is 223 Å². The average Bonchev–Trinajstić information content (AvgIpc) is 2.85. The molecule has 3 N–H and O–H groups in total. The van der Waals surface area contributed by atoms with E-state index in [2.05, 4.69) is 10.7 Å². The Morgan fingerprint density at radius 2 is 1.95 bits per heavy atom. The van der Waals surface area contributed by atoms with Crippen molar-refractivity contribution in [1.82, 2.24) is 15.8 Å². The maximum Gasteiger partial charge on any atom is 0.407 e. The van der Waals surface area contributed by atoms with E-state index in [-0.39, 0.29) is 31.9 Å². The van der Waals surface area contributed by atoms with Crippen LogP contribution in [0.2, 0.25) is 10.0 Å². The number of carbonyl (C=O) groups excluding carboxylic acids is 3. The first kappa shape index (κ1) is 28.1. The second-order valence-corrected chi connectivity index (χ2v) is 9.20. The highest BCUT2D eigenvalue weighted by molar-refractivity contribution is 6.35. The number of methoxy groups -OCH3 is 1. The summed E-state index contributed by atoms with van der Waals surface area (Å²) in [6.07, 6.45) is 0.148. The highest BCUT2D eigenvalue weighted by Gasteiger charge is 2.30. The molecule has 1 heterocycles. The van der Waals surface area contributed by atoms with Crippen LogP contribution in [0, 0.1) is 0 Å². The first-order chi connectivity index (χ1) is 17.7. The van der Waals surface area contributed by atoms with Crippen molar-refractivity contribution in [3.05, 3.63) is 63.1 Å². The number of hydrogen-bond donors (Lipinski definition) is 3. The van der Waals surface area contributed by atoms with Gasteiger partial charge >= 0.3 is 12.1 Å². The van der Waals surface area contributed by atoms with E-state index in [1.807, 2.05) is 0 Å². The minimum Gasteiger partial charge on any atom is -0.496 e. The van der Waals surface area contributed by atoms with Crippen molar-refractivity contribution in [2.45, 2.75) is 38.2 Å². The molecule has 198 valence electrons. The molecule has 1 atom stereocenters. The van der Waals surface area contributed by atoms with Crippen LogP contribution in [0.15, 0.2) is 36.4 Å². The van der Waals surface area contributed by atoms with Gasteiger partial charge in [-0.3, -0.25) is 24.8 Å². The zero-order valence-electron chi connectivity index (χ0n) is 20.1. The third-order valence-electron chi connectivity index (χ3n) is 5.75. The Hall–Kier alpha value is -3.50. The zero-order chi connectivity index (χ0) is 26.9. The molecule has 1 saturated heterocycles. The number of hydrazine groups is 1. The number of amides is 3. The minimum atomic E-state index is -1.01. The van der Waals surface area contributed by atoms with Crippen LogP contribution in [0.3, 0.4) is 0 Å². The molecule has 0 aromatic heterocycles. The fourth-order valence-corrected chi connectivity index (χ4v) is 4.21. The molecule has 3 rings (SSSR count). The van der Waals surface area contributed by atoms with Crippen molar-refractivity contribution < 1.29 is 33.8 Å². The van der Waals surface area contributed by atoms with Crippen molar-refractivity contribution in [1.29, 1.82) is 0 Å². The molecular weight excluding hydrogens is 525 g/mol. The number of carbonyl (C=O) groups is 4. The van der Waals surface area contributed by atoms with Gasteiger partial charge in [0.05, 0.1) is 26.0 Å². The van der Waals surface area contributed by atoms with E-state index in [1.165, 1.54) is 12.1 Å². The van der Waals surface area contributed by atoms with E-state index in [1.54, 1.807) is 36.4 Å². The summed E-state index contributed by atoms with van der Waals surface area (Å²) < 4.78 is 10.6. The number of aliphatic carboxylic acids is 1. The quantitative estimate of drug-likeness (QED) is 0.270. The van der Waals surface area contributed by atoms with Gasteiger partial charge in [-0.25, -0.2) is 4.79 Å². The topological polar surface area (TPSA) is 134 Å². The number of hydrogen-bond acceptors (Lipinski definition) is 6. The average molecular weight is 552 g/mol. The maximum absolute atomic E-state index is 13.1. The van der Waals surface area contributed by atoms with Crippen LogP contribution in [-0.2, 0) is 32.1 Å². The normalized spacial score (nSPS) is 13.4. The lowest BCUT2D eigenvalue weighted by Crippen LogP contribution is -2.55. The third-order valence-corrected chi connectivity index (χ3v) is 6.34. The van der Waals surface area contributed by atoms with E-state index in [4.69, 9.17) is 37.8 Å². The molecule has 0 radical (unpaired) electrons. The number of benzene rings is 2. The molecule has 2 aromatic carbocycles. The number of β-lactam (4-membered cyclic amide) rings is 1. The Bertz CT molecular complexity index is 1170. The van der Waals surface area contributed by atoms with Gasteiger partial charge < -0.3 is 19.9 Å². The summed E-state index contributed by atoms with van der Waals surface area (Å²) in [5.74, 6) is -1.98. The molecule has 0 aliphatic carbocycles. The molecule has 0 bridgehead atoms. The van der Waals surface area contributed by atoms with Crippen molar-refractivity contribution in [2.75, 3.05) is 20.2 Å². The van der Waals surface area contributed by atoms with Crippen LogP contribution in [-0.4, -0.2) is 54.2 Å². The third kappa shape index (κ3) is 7.99. The molecule has 0 saturated carbocycles. The molecule has 0 unspecified atom stereocenters. The fourth-order valence-electron chi connectivity index (χ4n) is 3.74. The minimum absolute atomic E-state index is 0.0374. The summed E-state index contributed by atoms with van der Waals surface area (Å²) in [5.41, 5.74) is 4.21. The van der Waals surface area contributed by atoms with Crippen LogP contribution < -0.4 is 15.5 Å². The number of carboxylic acid groups (broad SMARTS) is 1. The Kier molecular flexibility index (Phi) is 9.99. The first-order valence-corrected chi connectivity index (χ1v) is 12.3. The molecular formula is C25H27Cl2N3O7. The molecule has 1 aliphatic heterocycles. The van der Waals surface area contributed by atoms with Crippen molar-refractivity contribution in [3.8, 4) is 5.75 Å². The monoisotopic (exact) mass is 551 g/mol. The molecule has 12 heteroatoms. The summed E-state index contributed by atoms with van der Waals surface area (Å²) in [5, 5.41) is 13.9. The lowest BCUT2D eigenvalue weighted by atomic mass is 9.90. The molecule has 37 heavy (non-hydrogen) atoms. The number of alkyl carbamates (subject to hydrolysis) is 1. The van der Waals surface area contributed by atoms with E-state index in [0.717, 1.165) is 0 Å². The number of nitrogens with zero attached hydrogens (tertiary/aromatic N) is 1. The van der Waals surface area contributed by atoms with Gasteiger partial charge in [0.25, 0.3) is 0 Å². The van der Waals surface area contributed by atoms with Gasteiger partial charge in [0, 0.05) is 34.1 Å². The van der Waals surface area contributed by atoms with Gasteiger partial charge in [-0.1, -0.05) is 41.4 Å². The first-order valence-electron chi connectivity index (χ1n) is 11.5. The van der Waals surface area contributed by atoms with Gasteiger partial charge in [-0.2, -0.15) is 0 Å². The summed E-state index contributed by atoms with van der Waals surface area (Å²) in [7, 11) is 1.45. The summed E-state index contributed by atoms with van der Waals surface area (Å²) in [4.78, 5) is 48.1. The smallest absolute Gasteiger partial charge is 0.407 e. The number of nitrogens with one attached hydrogen (secondary N) is 2. The molecule has 2 aromatic rings. The Morgan fingerprint density at radius 3 is 2.57 bits per heavy atom. The lowest BCUT2D eigenvalue weighted by Gasteiger charge is -2.32. The van der Waals surface area contributed by atoms with Gasteiger partial charge in [0.2, 0.25) is 11.8 Å². The molecule has 1 fully saturated rings. The van der Waals surface area contributed by atoms with Crippen molar-refractivity contribution in [3.63, 3.8) is 0 Å². The number of ether oxygens (including phenoxy) is 2. The number of rotatable bonds is 12. The maximum atomic E-state index is 13.1. The standard InChI is InChI=1S/C25H27Cl2N3O7/c1-36-21-7-4-15(12-23(32)33)11-19(21)18(24(34)29-30-10-8-22(30)31)3-2-9-28-25(35)37-14-16-5-6-17(26)13-20(16)27/h4-7,11,13,18H,2-3,8-10,12,14H2,1H3,(H,28,35)(H,29,34)(H,32,33)/t18-/m0/s1. The fraction of sp³-hybridized carbons (Fsp3) is 0.360. The summed E-state index contributed by atoms with van der Waals surface area (Å²) >= 11 is 12.0. The zero-order valence-corrected chi connectivity index (χ0v) is 21.6. The lowest BCUT2D eigenvalue weighted by molar-refractivity contribution is -0.150. The predicted octanol–water partition coefficient (Wildman–Crippen LogP) is 3.68. The van der Waals surface area contributed by atoms with Gasteiger partial charge in [-0.15, -0.1) is 0 Å². The number of halogens is 2. The van der Waals surface area contributed by atoms with Crippen molar-refractivity contribution >= 4 is 47.1 Å². The largest absolute Gasteiger partial charge is 0.496 e. The second-order valence-electron chi connectivity index (χ2n) is 8.35. The van der Waals surface area contributed by atoms with Crippen LogP contribution >= 0.6 is 23.2 Å². The van der Waals surface area contributed by atoms with E-state index >= 15 is 0 Å². The van der Waals surface area contributed by atoms with Crippen LogP contribution in [0.25, 0.3) is 0 Å². The Morgan fingerprint density at radius 1 is 1.16 bits per heavy atom. The van der Waals surface area contributed by atoms with Crippen molar-refractivity contribution in [2.24, 2.45) is 0 Å².